The Balaban J connectivity index is 1.70. The van der Waals surface area contributed by atoms with Crippen molar-refractivity contribution in [2.24, 2.45) is 0 Å². The molecule has 0 spiro atoms. The van der Waals surface area contributed by atoms with Gasteiger partial charge in [-0.3, -0.25) is 9.10 Å². The Labute approximate surface area is 224 Å². The summed E-state index contributed by atoms with van der Waals surface area (Å²) in [5.74, 6) is 0.711. The Morgan fingerprint density at radius 1 is 1.16 bits per heavy atom. The number of hydrogen-bond acceptors (Lipinski definition) is 7. The summed E-state index contributed by atoms with van der Waals surface area (Å²) in [7, 11) is -0.0991. The normalized spacial score (nSPS) is 15.4. The third kappa shape index (κ3) is 5.92. The summed E-state index contributed by atoms with van der Waals surface area (Å²) in [5, 5.41) is 12.6. The lowest BCUT2D eigenvalue weighted by atomic mass is 10.1. The minimum atomic E-state index is -3.92. The largest absolute Gasteiger partial charge is 0.486 e. The van der Waals surface area contributed by atoms with Gasteiger partial charge in [0.25, 0.3) is 15.9 Å². The van der Waals surface area contributed by atoms with Gasteiger partial charge in [0.05, 0.1) is 22.8 Å². The minimum absolute atomic E-state index is 0.0658. The second-order valence-electron chi connectivity index (χ2n) is 10.2. The van der Waals surface area contributed by atoms with Crippen molar-refractivity contribution >= 4 is 27.4 Å². The number of nitrogens with one attached hydrogen (secondary N) is 1. The zero-order valence-electron chi connectivity index (χ0n) is 22.3. The average Bonchev–Trinajstić information content (AvgIpc) is 2.87. The molecule has 0 bridgehead atoms. The van der Waals surface area contributed by atoms with E-state index < -0.39 is 27.6 Å². The third-order valence-corrected chi connectivity index (χ3v) is 8.04. The summed E-state index contributed by atoms with van der Waals surface area (Å²) < 4.78 is 35.4. The van der Waals surface area contributed by atoms with Crippen molar-refractivity contribution < 1.29 is 23.1 Å². The van der Waals surface area contributed by atoms with Crippen LogP contribution in [0.2, 0.25) is 0 Å². The number of benzene rings is 2. The molecule has 4 rings (SSSR count). The fraction of sp³-hybridized carbons (Fsp3) is 0.357. The zero-order chi connectivity index (χ0) is 27.7. The maximum Gasteiger partial charge on any atom is 0.264 e. The summed E-state index contributed by atoms with van der Waals surface area (Å²) >= 11 is 0. The van der Waals surface area contributed by atoms with Crippen LogP contribution < -0.4 is 19.3 Å². The van der Waals surface area contributed by atoms with Crippen LogP contribution in [0.15, 0.2) is 65.6 Å². The number of nitrogens with zero attached hydrogens (tertiary/aromatic N) is 3. The predicted molar refractivity (Wildman–Crippen MR) is 148 cm³/mol. The zero-order valence-corrected chi connectivity index (χ0v) is 23.1. The van der Waals surface area contributed by atoms with E-state index in [1.807, 2.05) is 56.3 Å². The maximum atomic E-state index is 13.9. The monoisotopic (exact) mass is 538 g/mol. The van der Waals surface area contributed by atoms with Crippen LogP contribution in [0.25, 0.3) is 11.3 Å². The molecule has 1 aliphatic heterocycles. The van der Waals surface area contributed by atoms with Crippen LogP contribution in [0.1, 0.15) is 25.8 Å². The summed E-state index contributed by atoms with van der Waals surface area (Å²) in [4.78, 5) is 18.9. The molecule has 0 fully saturated rings. The molecule has 2 N–H and O–H groups in total. The molecule has 1 amide bonds. The van der Waals surface area contributed by atoms with Crippen LogP contribution in [0.5, 0.6) is 5.75 Å². The topological polar surface area (TPSA) is 112 Å². The summed E-state index contributed by atoms with van der Waals surface area (Å²) in [6, 6.07) is 17.9. The summed E-state index contributed by atoms with van der Waals surface area (Å²) in [6.07, 6.45) is -0.153. The Kier molecular flexibility index (Phi) is 7.66. The Morgan fingerprint density at radius 3 is 2.58 bits per heavy atom. The highest BCUT2D eigenvalue weighted by molar-refractivity contribution is 7.92. The standard InChI is InChI=1S/C28H34N4O5S/c1-19-8-6-9-22(16-19)38(35,36)32-18-21(14-15-29-27(33)28(2,3)34)37-25-13-12-20(17-24(25)32)23-10-7-11-26(30-23)31(4)5/h6-13,16-17,21,34H,14-15,18H2,1-5H3,(H,29,33)/t21-/m0/s1. The van der Waals surface area contributed by atoms with Crippen LogP contribution in [0.4, 0.5) is 11.5 Å². The van der Waals surface area contributed by atoms with Gasteiger partial charge in [-0.2, -0.15) is 0 Å². The van der Waals surface area contributed by atoms with Crippen LogP contribution in [0.3, 0.4) is 0 Å². The molecule has 0 saturated heterocycles. The van der Waals surface area contributed by atoms with E-state index in [0.29, 0.717) is 23.6 Å². The lowest BCUT2D eigenvalue weighted by molar-refractivity contribution is -0.136. The molecule has 1 atom stereocenters. The molecule has 10 heteroatoms. The van der Waals surface area contributed by atoms with E-state index in [2.05, 4.69) is 5.32 Å². The first kappa shape index (κ1) is 27.4. The van der Waals surface area contributed by atoms with E-state index in [1.54, 1.807) is 30.3 Å². The van der Waals surface area contributed by atoms with Gasteiger partial charge >= 0.3 is 0 Å². The van der Waals surface area contributed by atoms with E-state index in [-0.39, 0.29) is 18.0 Å². The summed E-state index contributed by atoms with van der Waals surface area (Å²) in [6.45, 7) is 4.96. The van der Waals surface area contributed by atoms with Crippen molar-refractivity contribution in [1.82, 2.24) is 10.3 Å². The number of fused-ring (bicyclic) bond motifs is 1. The number of aryl methyl sites for hydroxylation is 1. The number of anilines is 2. The lowest BCUT2D eigenvalue weighted by Crippen LogP contribution is -2.46. The fourth-order valence-electron chi connectivity index (χ4n) is 4.15. The molecule has 0 radical (unpaired) electrons. The second-order valence-corrected chi connectivity index (χ2v) is 12.0. The van der Waals surface area contributed by atoms with Crippen molar-refractivity contribution in [2.45, 2.75) is 43.8 Å². The van der Waals surface area contributed by atoms with E-state index in [0.717, 1.165) is 16.9 Å². The number of carbonyl (C=O) groups excluding carboxylic acids is 1. The van der Waals surface area contributed by atoms with Gasteiger partial charge in [-0.1, -0.05) is 18.2 Å². The number of rotatable bonds is 8. The molecule has 202 valence electrons. The first-order valence-electron chi connectivity index (χ1n) is 12.4. The number of carbonyl (C=O) groups is 1. The number of aliphatic hydroxyl groups is 1. The highest BCUT2D eigenvalue weighted by Gasteiger charge is 2.35. The van der Waals surface area contributed by atoms with Crippen LogP contribution >= 0.6 is 0 Å². The van der Waals surface area contributed by atoms with Crippen molar-refractivity contribution in [3.05, 3.63) is 66.2 Å². The van der Waals surface area contributed by atoms with Gasteiger partial charge in [0.1, 0.15) is 23.3 Å². The fourth-order valence-corrected chi connectivity index (χ4v) is 5.75. The minimum Gasteiger partial charge on any atom is -0.486 e. The highest BCUT2D eigenvalue weighted by Crippen LogP contribution is 2.40. The van der Waals surface area contributed by atoms with Crippen LogP contribution in [-0.2, 0) is 14.8 Å². The molecule has 38 heavy (non-hydrogen) atoms. The first-order chi connectivity index (χ1) is 17.9. The molecule has 0 saturated carbocycles. The molecule has 1 aliphatic rings. The third-order valence-electron chi connectivity index (χ3n) is 6.26. The van der Waals surface area contributed by atoms with E-state index >= 15 is 0 Å². The number of aromatic nitrogens is 1. The van der Waals surface area contributed by atoms with Crippen molar-refractivity contribution in [2.75, 3.05) is 36.4 Å². The van der Waals surface area contributed by atoms with E-state index in [4.69, 9.17) is 9.72 Å². The number of ether oxygens (including phenoxy) is 1. The van der Waals surface area contributed by atoms with Crippen molar-refractivity contribution in [1.29, 1.82) is 0 Å². The molecule has 1 aromatic heterocycles. The summed E-state index contributed by atoms with van der Waals surface area (Å²) in [5.41, 5.74) is 1.23. The molecular weight excluding hydrogens is 504 g/mol. The molecule has 2 aromatic carbocycles. The Morgan fingerprint density at radius 2 is 1.89 bits per heavy atom. The molecule has 9 nitrogen and oxygen atoms in total. The van der Waals surface area contributed by atoms with Crippen LogP contribution in [-0.4, -0.2) is 63.3 Å². The predicted octanol–water partition coefficient (Wildman–Crippen LogP) is 3.36. The van der Waals surface area contributed by atoms with Gasteiger partial charge in [0, 0.05) is 32.6 Å². The maximum absolute atomic E-state index is 13.9. The molecule has 0 aliphatic carbocycles. The number of hydrogen-bond donors (Lipinski definition) is 2. The second kappa shape index (κ2) is 10.6. The van der Waals surface area contributed by atoms with Gasteiger partial charge < -0.3 is 20.1 Å². The van der Waals surface area contributed by atoms with Gasteiger partial charge in [0.2, 0.25) is 0 Å². The lowest BCUT2D eigenvalue weighted by Gasteiger charge is -2.36. The Hall–Kier alpha value is -3.63. The quantitative estimate of drug-likeness (QED) is 0.452. The van der Waals surface area contributed by atoms with Gasteiger partial charge in [-0.05, 0) is 68.8 Å². The van der Waals surface area contributed by atoms with Gasteiger partial charge in [-0.25, -0.2) is 13.4 Å². The SMILES string of the molecule is Cc1cccc(S(=O)(=O)N2C[C@H](CCNC(=O)C(C)(C)O)Oc3ccc(-c4cccc(N(C)C)n4)cc32)c1. The van der Waals surface area contributed by atoms with Crippen LogP contribution in [0, 0.1) is 6.92 Å². The smallest absolute Gasteiger partial charge is 0.264 e. The van der Waals surface area contributed by atoms with Crippen molar-refractivity contribution in [3.8, 4) is 17.0 Å². The first-order valence-corrected chi connectivity index (χ1v) is 13.9. The molecular formula is C28H34N4O5S. The molecule has 2 heterocycles. The number of sulfonamides is 1. The highest BCUT2D eigenvalue weighted by atomic mass is 32.2. The molecule has 0 unspecified atom stereocenters. The van der Waals surface area contributed by atoms with E-state index in [9.17, 15) is 18.3 Å². The molecule has 3 aromatic rings. The van der Waals surface area contributed by atoms with E-state index in [1.165, 1.54) is 18.2 Å². The Bertz CT molecular complexity index is 1430. The van der Waals surface area contributed by atoms with Gasteiger partial charge in [0.15, 0.2) is 0 Å². The number of pyridine rings is 1. The average molecular weight is 539 g/mol. The van der Waals surface area contributed by atoms with Gasteiger partial charge in [-0.15, -0.1) is 0 Å². The number of amides is 1. The van der Waals surface area contributed by atoms with Crippen molar-refractivity contribution in [3.63, 3.8) is 0 Å².